The molecule has 1 unspecified atom stereocenters. The van der Waals surface area contributed by atoms with E-state index in [1.807, 2.05) is 31.2 Å². The number of rotatable bonds is 9. The number of esters is 1. The number of carbonyl (C=O) groups excluding carboxylic acids is 1. The second-order valence-electron chi connectivity index (χ2n) is 8.94. The van der Waals surface area contributed by atoms with Gasteiger partial charge in [-0.05, 0) is 62.2 Å². The van der Waals surface area contributed by atoms with Crippen LogP contribution in [0.1, 0.15) is 37.9 Å². The van der Waals surface area contributed by atoms with Crippen LogP contribution in [0, 0.1) is 0 Å². The second-order valence-corrected chi connectivity index (χ2v) is 9.95. The van der Waals surface area contributed by atoms with Gasteiger partial charge in [-0.25, -0.2) is 9.79 Å². The maximum Gasteiger partial charge on any atom is 0.338 e. The van der Waals surface area contributed by atoms with Crippen LogP contribution in [0.5, 0.6) is 23.0 Å². The van der Waals surface area contributed by atoms with Crippen LogP contribution in [0.15, 0.2) is 70.1 Å². The largest absolute Gasteiger partial charge is 0.490 e. The molecule has 0 radical (unpaired) electrons. The molecule has 40 heavy (non-hydrogen) atoms. The van der Waals surface area contributed by atoms with E-state index in [2.05, 4.69) is 11.6 Å². The average Bonchev–Trinajstić information content (AvgIpc) is 3.25. The van der Waals surface area contributed by atoms with E-state index in [4.69, 9.17) is 23.7 Å². The Morgan fingerprint density at radius 1 is 1.10 bits per heavy atom. The highest BCUT2D eigenvalue weighted by atomic mass is 32.1. The highest BCUT2D eigenvalue weighted by Gasteiger charge is 2.34. The molecule has 2 aliphatic heterocycles. The van der Waals surface area contributed by atoms with Crippen LogP contribution in [0.4, 0.5) is 0 Å². The first kappa shape index (κ1) is 27.3. The lowest BCUT2D eigenvalue weighted by atomic mass is 9.95. The number of aromatic nitrogens is 1. The molecule has 0 N–H and O–H groups in total. The van der Waals surface area contributed by atoms with E-state index in [0.29, 0.717) is 75.6 Å². The summed E-state index contributed by atoms with van der Waals surface area (Å²) < 4.78 is 30.3. The number of ether oxygens (including phenoxy) is 5. The maximum absolute atomic E-state index is 13.9. The number of fused-ring (bicyclic) bond motifs is 2. The quantitative estimate of drug-likeness (QED) is 0.291. The van der Waals surface area contributed by atoms with Crippen LogP contribution in [-0.4, -0.2) is 43.6 Å². The Labute approximate surface area is 235 Å². The minimum atomic E-state index is -0.773. The summed E-state index contributed by atoms with van der Waals surface area (Å²) in [6.07, 6.45) is 3.44. The first-order valence-corrected chi connectivity index (χ1v) is 13.9. The Morgan fingerprint density at radius 2 is 1.90 bits per heavy atom. The summed E-state index contributed by atoms with van der Waals surface area (Å²) in [5.41, 5.74) is 1.96. The van der Waals surface area contributed by atoms with Crippen LogP contribution in [0.3, 0.4) is 0 Å². The van der Waals surface area contributed by atoms with Crippen molar-refractivity contribution in [2.45, 2.75) is 26.8 Å². The molecule has 3 heterocycles. The third-order valence-corrected chi connectivity index (χ3v) is 7.30. The number of hydrogen-bond donors (Lipinski definition) is 0. The third-order valence-electron chi connectivity index (χ3n) is 6.32. The predicted molar refractivity (Wildman–Crippen MR) is 151 cm³/mol. The maximum atomic E-state index is 13.9. The molecule has 0 spiro atoms. The molecule has 0 aliphatic carbocycles. The Balaban J connectivity index is 1.67. The molecule has 0 amide bonds. The van der Waals surface area contributed by atoms with Gasteiger partial charge in [-0.3, -0.25) is 9.36 Å². The zero-order valence-corrected chi connectivity index (χ0v) is 23.4. The molecule has 1 aromatic heterocycles. The van der Waals surface area contributed by atoms with Crippen LogP contribution in [-0.2, 0) is 9.53 Å². The molecule has 0 saturated heterocycles. The molecule has 5 rings (SSSR count). The van der Waals surface area contributed by atoms with Crippen LogP contribution < -0.4 is 33.8 Å². The van der Waals surface area contributed by atoms with Crippen molar-refractivity contribution in [3.05, 3.63) is 91.1 Å². The molecular weight excluding hydrogens is 532 g/mol. The van der Waals surface area contributed by atoms with E-state index in [9.17, 15) is 9.59 Å². The number of hydrogen-bond acceptors (Lipinski definition) is 9. The molecule has 2 aliphatic rings. The van der Waals surface area contributed by atoms with Gasteiger partial charge in [0.25, 0.3) is 5.56 Å². The van der Waals surface area contributed by atoms with Crippen molar-refractivity contribution in [2.75, 3.05) is 33.0 Å². The molecule has 0 bridgehead atoms. The smallest absolute Gasteiger partial charge is 0.338 e. The fraction of sp³-hybridized carbons (Fsp3) is 0.300. The fourth-order valence-electron chi connectivity index (χ4n) is 4.64. The topological polar surface area (TPSA) is 97.6 Å². The van der Waals surface area contributed by atoms with Crippen molar-refractivity contribution >= 4 is 23.4 Å². The summed E-state index contributed by atoms with van der Waals surface area (Å²) in [5, 5.41) is 0. The lowest BCUT2D eigenvalue weighted by molar-refractivity contribution is -0.139. The van der Waals surface area contributed by atoms with Gasteiger partial charge in [0.1, 0.15) is 19.8 Å². The SMILES string of the molecule is C=CCOc1ccc(C2C(C(=O)OCC)=C(C)N=c3sc(=Cc4ccc5c(c4)OCCO5)c(=O)n32)cc1OCC. The normalized spacial score (nSPS) is 16.2. The van der Waals surface area contributed by atoms with Gasteiger partial charge >= 0.3 is 5.97 Å². The molecule has 3 aromatic rings. The zero-order chi connectivity index (χ0) is 28.2. The van der Waals surface area contributed by atoms with E-state index in [1.54, 1.807) is 42.7 Å². The molecule has 0 saturated carbocycles. The third kappa shape index (κ3) is 5.27. The Morgan fingerprint density at radius 3 is 2.65 bits per heavy atom. The first-order valence-electron chi connectivity index (χ1n) is 13.0. The Bertz CT molecular complexity index is 1670. The summed E-state index contributed by atoms with van der Waals surface area (Å²) >= 11 is 1.26. The van der Waals surface area contributed by atoms with Crippen LogP contribution >= 0.6 is 11.3 Å². The Hall–Kier alpha value is -4.31. The molecular formula is C30H30N2O7S. The summed E-state index contributed by atoms with van der Waals surface area (Å²) in [6, 6.07) is 10.2. The van der Waals surface area contributed by atoms with Gasteiger partial charge in [0, 0.05) is 0 Å². The van der Waals surface area contributed by atoms with Gasteiger partial charge in [0.2, 0.25) is 0 Å². The molecule has 9 nitrogen and oxygen atoms in total. The van der Waals surface area contributed by atoms with Crippen LogP contribution in [0.25, 0.3) is 6.08 Å². The zero-order valence-electron chi connectivity index (χ0n) is 22.6. The second kappa shape index (κ2) is 11.8. The standard InChI is InChI=1S/C30H30N2O7S/c1-5-12-37-22-11-9-20(17-24(22)35-6-2)27-26(29(34)36-7-3)18(4)31-30-32(27)28(33)25(40-30)16-19-8-10-21-23(15-19)39-14-13-38-21/h5,8-11,15-17,27H,1,6-7,12-14H2,2-4H3. The summed E-state index contributed by atoms with van der Waals surface area (Å²) in [7, 11) is 0. The summed E-state index contributed by atoms with van der Waals surface area (Å²) in [5.74, 6) is 1.81. The number of carbonyl (C=O) groups is 1. The highest BCUT2D eigenvalue weighted by molar-refractivity contribution is 7.07. The van der Waals surface area contributed by atoms with Gasteiger partial charge < -0.3 is 23.7 Å². The van der Waals surface area contributed by atoms with E-state index >= 15 is 0 Å². The number of thiazole rings is 1. The minimum Gasteiger partial charge on any atom is -0.490 e. The van der Waals surface area contributed by atoms with E-state index < -0.39 is 12.0 Å². The number of allylic oxidation sites excluding steroid dienone is 1. The van der Waals surface area contributed by atoms with E-state index in [0.717, 1.165) is 5.56 Å². The lowest BCUT2D eigenvalue weighted by Crippen LogP contribution is -2.40. The van der Waals surface area contributed by atoms with Crippen molar-refractivity contribution in [3.8, 4) is 23.0 Å². The van der Waals surface area contributed by atoms with Crippen LogP contribution in [0.2, 0.25) is 0 Å². The van der Waals surface area contributed by atoms with Crippen molar-refractivity contribution in [1.82, 2.24) is 4.57 Å². The predicted octanol–water partition coefficient (Wildman–Crippen LogP) is 3.53. The number of benzene rings is 2. The van der Waals surface area contributed by atoms with Gasteiger partial charge in [-0.2, -0.15) is 0 Å². The Kier molecular flexibility index (Phi) is 8.06. The van der Waals surface area contributed by atoms with Gasteiger partial charge in [-0.1, -0.05) is 36.1 Å². The van der Waals surface area contributed by atoms with Gasteiger partial charge in [0.15, 0.2) is 27.8 Å². The molecule has 2 aromatic carbocycles. The summed E-state index contributed by atoms with van der Waals surface area (Å²) in [6.45, 7) is 10.9. The minimum absolute atomic E-state index is 0.190. The first-order chi connectivity index (χ1) is 19.4. The van der Waals surface area contributed by atoms with Crippen molar-refractivity contribution in [3.63, 3.8) is 0 Å². The van der Waals surface area contributed by atoms with Crippen molar-refractivity contribution in [2.24, 2.45) is 4.99 Å². The monoisotopic (exact) mass is 562 g/mol. The highest BCUT2D eigenvalue weighted by Crippen LogP contribution is 2.36. The van der Waals surface area contributed by atoms with Crippen molar-refractivity contribution < 1.29 is 28.5 Å². The van der Waals surface area contributed by atoms with E-state index in [-0.39, 0.29) is 12.2 Å². The number of nitrogens with zero attached hydrogens (tertiary/aromatic N) is 2. The van der Waals surface area contributed by atoms with E-state index in [1.165, 1.54) is 11.3 Å². The summed E-state index contributed by atoms with van der Waals surface area (Å²) in [4.78, 5) is 32.3. The molecule has 10 heteroatoms. The van der Waals surface area contributed by atoms with Crippen molar-refractivity contribution in [1.29, 1.82) is 0 Å². The fourth-order valence-corrected chi connectivity index (χ4v) is 5.69. The lowest BCUT2D eigenvalue weighted by Gasteiger charge is -2.25. The molecule has 0 fully saturated rings. The van der Waals surface area contributed by atoms with Gasteiger partial charge in [-0.15, -0.1) is 0 Å². The average molecular weight is 563 g/mol. The molecule has 208 valence electrons. The molecule has 1 atom stereocenters. The van der Waals surface area contributed by atoms with Gasteiger partial charge in [0.05, 0.1) is 35.1 Å².